The van der Waals surface area contributed by atoms with E-state index in [1.807, 2.05) is 0 Å². The molecule has 0 aromatic heterocycles. The lowest BCUT2D eigenvalue weighted by molar-refractivity contribution is -0.135. The number of aliphatic carboxylic acids is 1. The number of carbonyl (C=O) groups is 2. The van der Waals surface area contributed by atoms with Gasteiger partial charge in [0, 0.05) is 23.8 Å². The zero-order valence-corrected chi connectivity index (χ0v) is 12.9. The summed E-state index contributed by atoms with van der Waals surface area (Å²) in [5, 5.41) is 9.60. The smallest absolute Gasteiger partial charge is 0.325 e. The van der Waals surface area contributed by atoms with Crippen molar-refractivity contribution in [3.8, 4) is 0 Å². The lowest BCUT2D eigenvalue weighted by Gasteiger charge is -2.28. The van der Waals surface area contributed by atoms with E-state index >= 15 is 0 Å². The number of hydrogen-bond acceptors (Lipinski definition) is 2. The molecule has 2 rings (SSSR count). The van der Waals surface area contributed by atoms with Gasteiger partial charge in [-0.2, -0.15) is 0 Å². The van der Waals surface area contributed by atoms with Crippen molar-refractivity contribution in [2.75, 3.05) is 24.5 Å². The Morgan fingerprint density at radius 1 is 1.33 bits per heavy atom. The van der Waals surface area contributed by atoms with Crippen molar-refractivity contribution in [2.24, 2.45) is 5.41 Å². The van der Waals surface area contributed by atoms with Crippen molar-refractivity contribution in [3.63, 3.8) is 0 Å². The Kier molecular flexibility index (Phi) is 4.42. The SMILES string of the molecule is CC1(C)CCN(C(=O)N(CC(=O)O)c2ccc(Cl)cc2)C1. The van der Waals surface area contributed by atoms with Gasteiger partial charge in [0.1, 0.15) is 6.54 Å². The normalized spacial score (nSPS) is 16.8. The van der Waals surface area contributed by atoms with E-state index in [1.165, 1.54) is 4.90 Å². The number of rotatable bonds is 3. The first-order valence-electron chi connectivity index (χ1n) is 6.82. The van der Waals surface area contributed by atoms with Crippen LogP contribution in [0, 0.1) is 5.41 Å². The summed E-state index contributed by atoms with van der Waals surface area (Å²) in [5.41, 5.74) is 0.612. The zero-order valence-electron chi connectivity index (χ0n) is 12.2. The maximum atomic E-state index is 12.6. The number of carbonyl (C=O) groups excluding carboxylic acids is 1. The van der Waals surface area contributed by atoms with E-state index in [0.717, 1.165) is 6.42 Å². The van der Waals surface area contributed by atoms with Gasteiger partial charge in [-0.15, -0.1) is 0 Å². The maximum Gasteiger partial charge on any atom is 0.325 e. The zero-order chi connectivity index (χ0) is 15.6. The van der Waals surface area contributed by atoms with Crippen LogP contribution in [0.2, 0.25) is 5.02 Å². The summed E-state index contributed by atoms with van der Waals surface area (Å²) in [6.45, 7) is 5.12. The van der Waals surface area contributed by atoms with E-state index in [-0.39, 0.29) is 18.0 Å². The van der Waals surface area contributed by atoms with Crippen LogP contribution >= 0.6 is 11.6 Å². The Hall–Kier alpha value is -1.75. The van der Waals surface area contributed by atoms with Gasteiger partial charge < -0.3 is 10.0 Å². The number of amides is 2. The topological polar surface area (TPSA) is 60.9 Å². The van der Waals surface area contributed by atoms with Crippen LogP contribution in [0.25, 0.3) is 0 Å². The van der Waals surface area contributed by atoms with Gasteiger partial charge in [-0.1, -0.05) is 25.4 Å². The standard InChI is InChI=1S/C15H19ClN2O3/c1-15(2)7-8-17(10-15)14(21)18(9-13(19)20)12-5-3-11(16)4-6-12/h3-6H,7-10H2,1-2H3,(H,19,20). The molecule has 2 amide bonds. The summed E-state index contributed by atoms with van der Waals surface area (Å²) < 4.78 is 0. The average molecular weight is 311 g/mol. The number of likely N-dealkylation sites (tertiary alicyclic amines) is 1. The van der Waals surface area contributed by atoms with Crippen LogP contribution in [0.3, 0.4) is 0 Å². The average Bonchev–Trinajstić information content (AvgIpc) is 2.76. The summed E-state index contributed by atoms with van der Waals surface area (Å²) in [5.74, 6) is -1.04. The Labute approximate surface area is 129 Å². The molecule has 0 atom stereocenters. The summed E-state index contributed by atoms with van der Waals surface area (Å²) in [6.07, 6.45) is 0.917. The number of carboxylic acids is 1. The molecule has 1 aromatic rings. The molecule has 1 fully saturated rings. The molecule has 1 aliphatic rings. The summed E-state index contributed by atoms with van der Waals surface area (Å²) in [7, 11) is 0. The van der Waals surface area contributed by atoms with Gasteiger partial charge in [-0.05, 0) is 36.1 Å². The molecule has 0 radical (unpaired) electrons. The van der Waals surface area contributed by atoms with Gasteiger partial charge in [0.25, 0.3) is 0 Å². The maximum absolute atomic E-state index is 12.6. The van der Waals surface area contributed by atoms with Gasteiger partial charge >= 0.3 is 12.0 Å². The molecule has 0 spiro atoms. The third-order valence-electron chi connectivity index (χ3n) is 3.61. The Morgan fingerprint density at radius 3 is 2.43 bits per heavy atom. The molecule has 6 heteroatoms. The molecule has 1 aliphatic heterocycles. The quantitative estimate of drug-likeness (QED) is 0.933. The monoisotopic (exact) mass is 310 g/mol. The highest BCUT2D eigenvalue weighted by Gasteiger charge is 2.35. The molecule has 21 heavy (non-hydrogen) atoms. The minimum absolute atomic E-state index is 0.0740. The van der Waals surface area contributed by atoms with Gasteiger partial charge in [-0.3, -0.25) is 9.69 Å². The fraction of sp³-hybridized carbons (Fsp3) is 0.467. The van der Waals surface area contributed by atoms with E-state index in [1.54, 1.807) is 29.2 Å². The molecule has 1 heterocycles. The molecule has 1 N–H and O–H groups in total. The fourth-order valence-electron chi connectivity index (χ4n) is 2.47. The number of benzene rings is 1. The van der Waals surface area contributed by atoms with E-state index < -0.39 is 5.97 Å². The highest BCUT2D eigenvalue weighted by Crippen LogP contribution is 2.30. The fourth-order valence-corrected chi connectivity index (χ4v) is 2.60. The van der Waals surface area contributed by atoms with Gasteiger partial charge in [-0.25, -0.2) is 4.79 Å². The first kappa shape index (κ1) is 15.6. The highest BCUT2D eigenvalue weighted by molar-refractivity contribution is 6.30. The van der Waals surface area contributed by atoms with Crippen molar-refractivity contribution in [2.45, 2.75) is 20.3 Å². The number of anilines is 1. The Morgan fingerprint density at radius 2 is 1.95 bits per heavy atom. The van der Waals surface area contributed by atoms with Gasteiger partial charge in [0.15, 0.2) is 0 Å². The second-order valence-electron chi connectivity index (χ2n) is 6.07. The first-order chi connectivity index (χ1) is 9.78. The lowest BCUT2D eigenvalue weighted by atomic mass is 9.93. The number of hydrogen-bond donors (Lipinski definition) is 1. The minimum Gasteiger partial charge on any atom is -0.480 e. The van der Waals surface area contributed by atoms with Gasteiger partial charge in [0.2, 0.25) is 0 Å². The van der Waals surface area contributed by atoms with E-state index in [9.17, 15) is 9.59 Å². The predicted octanol–water partition coefficient (Wildman–Crippen LogP) is 3.08. The van der Waals surface area contributed by atoms with Crippen LogP contribution in [0.5, 0.6) is 0 Å². The third kappa shape index (κ3) is 3.88. The van der Waals surface area contributed by atoms with Crippen LogP contribution < -0.4 is 4.90 Å². The first-order valence-corrected chi connectivity index (χ1v) is 7.20. The molecular weight excluding hydrogens is 292 g/mol. The number of nitrogens with zero attached hydrogens (tertiary/aromatic N) is 2. The van der Waals surface area contributed by atoms with Crippen molar-refractivity contribution >= 4 is 29.3 Å². The molecule has 0 saturated carbocycles. The van der Waals surface area contributed by atoms with Crippen LogP contribution in [0.1, 0.15) is 20.3 Å². The molecule has 1 saturated heterocycles. The molecule has 0 unspecified atom stereocenters. The van der Waals surface area contributed by atoms with Gasteiger partial charge in [0.05, 0.1) is 0 Å². The Bertz CT molecular complexity index is 542. The number of urea groups is 1. The van der Waals surface area contributed by atoms with E-state index in [0.29, 0.717) is 23.8 Å². The van der Waals surface area contributed by atoms with Crippen molar-refractivity contribution in [1.29, 1.82) is 0 Å². The summed E-state index contributed by atoms with van der Waals surface area (Å²) in [4.78, 5) is 26.7. The third-order valence-corrected chi connectivity index (χ3v) is 3.86. The van der Waals surface area contributed by atoms with Crippen molar-refractivity contribution in [3.05, 3.63) is 29.3 Å². The molecule has 0 aliphatic carbocycles. The largest absolute Gasteiger partial charge is 0.480 e. The molecule has 1 aromatic carbocycles. The lowest BCUT2D eigenvalue weighted by Crippen LogP contribution is -2.45. The van der Waals surface area contributed by atoms with Crippen LogP contribution in [-0.4, -0.2) is 41.6 Å². The Balaban J connectivity index is 2.21. The molecule has 114 valence electrons. The van der Waals surface area contributed by atoms with Crippen molar-refractivity contribution in [1.82, 2.24) is 4.90 Å². The van der Waals surface area contributed by atoms with Crippen molar-refractivity contribution < 1.29 is 14.7 Å². The van der Waals surface area contributed by atoms with Crippen LogP contribution in [-0.2, 0) is 4.79 Å². The van der Waals surface area contributed by atoms with E-state index in [4.69, 9.17) is 16.7 Å². The summed E-state index contributed by atoms with van der Waals surface area (Å²) >= 11 is 5.84. The molecule has 5 nitrogen and oxygen atoms in total. The molecule has 0 bridgehead atoms. The second-order valence-corrected chi connectivity index (χ2v) is 6.51. The minimum atomic E-state index is -1.04. The second kappa shape index (κ2) is 5.93. The van der Waals surface area contributed by atoms with E-state index in [2.05, 4.69) is 13.8 Å². The summed E-state index contributed by atoms with van der Waals surface area (Å²) in [6, 6.07) is 6.33. The van der Waals surface area contributed by atoms with Crippen LogP contribution in [0.15, 0.2) is 24.3 Å². The number of halogens is 1. The molecular formula is C15H19ClN2O3. The van der Waals surface area contributed by atoms with Crippen LogP contribution in [0.4, 0.5) is 10.5 Å². The predicted molar refractivity (Wildman–Crippen MR) is 81.8 cm³/mol. The number of carboxylic acid groups (broad SMARTS) is 1. The highest BCUT2D eigenvalue weighted by atomic mass is 35.5.